The molecule has 6 nitrogen and oxygen atoms in total. The molecule has 2 fully saturated rings. The van der Waals surface area contributed by atoms with Crippen molar-refractivity contribution in [3.05, 3.63) is 29.8 Å². The molecule has 2 atom stereocenters. The lowest BCUT2D eigenvalue weighted by molar-refractivity contribution is -0.146. The quantitative estimate of drug-likeness (QED) is 0.742. The number of aryl methyl sites for hydroxylation is 1. The van der Waals surface area contributed by atoms with Gasteiger partial charge in [-0.2, -0.15) is 0 Å². The van der Waals surface area contributed by atoms with Gasteiger partial charge < -0.3 is 19.5 Å². The Bertz CT molecular complexity index is 654. The highest BCUT2D eigenvalue weighted by Gasteiger charge is 2.40. The number of carboxylic acid groups (broad SMARTS) is 1. The number of amides is 1. The summed E-state index contributed by atoms with van der Waals surface area (Å²) in [6.07, 6.45) is 3.22. The highest BCUT2D eigenvalue weighted by atomic mass is 16.5. The van der Waals surface area contributed by atoms with Gasteiger partial charge in [0.2, 0.25) is 5.91 Å². The summed E-state index contributed by atoms with van der Waals surface area (Å²) in [5.41, 5.74) is 1.16. The summed E-state index contributed by atoms with van der Waals surface area (Å²) in [4.78, 5) is 25.6. The van der Waals surface area contributed by atoms with Crippen LogP contribution >= 0.6 is 0 Å². The Labute approximate surface area is 160 Å². The van der Waals surface area contributed by atoms with Gasteiger partial charge >= 0.3 is 5.97 Å². The maximum Gasteiger partial charge on any atom is 0.309 e. The van der Waals surface area contributed by atoms with Crippen molar-refractivity contribution in [2.45, 2.75) is 45.1 Å². The third-order valence-corrected chi connectivity index (χ3v) is 5.60. The number of carbonyl (C=O) groups is 2. The standard InChI is InChI=1S/C21H29NO5/c1-15-4-2-5-17(14-15)26-12-3-6-19(23)22-10-7-16(8-11-22)20-18(21(24)25)9-13-27-20/h2,4-5,14,16,18,20H,3,6-13H2,1H3,(H,24,25)/t18?,20-/m0/s1. The van der Waals surface area contributed by atoms with E-state index in [-0.39, 0.29) is 17.9 Å². The van der Waals surface area contributed by atoms with E-state index in [1.165, 1.54) is 0 Å². The van der Waals surface area contributed by atoms with E-state index in [1.807, 2.05) is 36.1 Å². The SMILES string of the molecule is Cc1cccc(OCCCC(=O)N2CCC([C@@H]3OCCC3C(=O)O)CC2)c1. The molecular formula is C21H29NO5. The van der Waals surface area contributed by atoms with Crippen LogP contribution in [0.3, 0.4) is 0 Å². The molecule has 1 unspecified atom stereocenters. The first kappa shape index (κ1) is 19.7. The molecule has 2 aliphatic heterocycles. The molecular weight excluding hydrogens is 346 g/mol. The molecule has 1 aromatic rings. The number of ether oxygens (including phenoxy) is 2. The van der Waals surface area contributed by atoms with E-state index in [4.69, 9.17) is 9.47 Å². The van der Waals surface area contributed by atoms with Gasteiger partial charge in [0.1, 0.15) is 5.75 Å². The summed E-state index contributed by atoms with van der Waals surface area (Å²) < 4.78 is 11.4. The van der Waals surface area contributed by atoms with Gasteiger partial charge in [0.15, 0.2) is 0 Å². The van der Waals surface area contributed by atoms with Crippen LogP contribution in [-0.2, 0) is 14.3 Å². The van der Waals surface area contributed by atoms with Crippen LogP contribution in [0.1, 0.15) is 37.7 Å². The van der Waals surface area contributed by atoms with Gasteiger partial charge in [-0.15, -0.1) is 0 Å². The number of hydrogen-bond acceptors (Lipinski definition) is 4. The summed E-state index contributed by atoms with van der Waals surface area (Å²) in [7, 11) is 0. The summed E-state index contributed by atoms with van der Waals surface area (Å²) in [5.74, 6) is 0.0826. The van der Waals surface area contributed by atoms with E-state index in [9.17, 15) is 14.7 Å². The largest absolute Gasteiger partial charge is 0.494 e. The van der Waals surface area contributed by atoms with E-state index in [0.717, 1.165) is 24.2 Å². The third-order valence-electron chi connectivity index (χ3n) is 5.60. The number of benzene rings is 1. The van der Waals surface area contributed by atoms with Crippen molar-refractivity contribution in [2.24, 2.45) is 11.8 Å². The molecule has 0 radical (unpaired) electrons. The topological polar surface area (TPSA) is 76.1 Å². The summed E-state index contributed by atoms with van der Waals surface area (Å²) in [6, 6.07) is 7.90. The van der Waals surface area contributed by atoms with Crippen molar-refractivity contribution in [1.29, 1.82) is 0 Å². The fourth-order valence-electron chi connectivity index (χ4n) is 4.09. The zero-order valence-corrected chi connectivity index (χ0v) is 15.9. The number of carbonyl (C=O) groups excluding carboxylic acids is 1. The summed E-state index contributed by atoms with van der Waals surface area (Å²) in [6.45, 7) is 4.46. The molecule has 0 bridgehead atoms. The first-order valence-electron chi connectivity index (χ1n) is 9.86. The van der Waals surface area contributed by atoms with Crippen molar-refractivity contribution in [1.82, 2.24) is 4.90 Å². The average molecular weight is 375 g/mol. The van der Waals surface area contributed by atoms with Gasteiger partial charge in [-0.3, -0.25) is 9.59 Å². The number of likely N-dealkylation sites (tertiary alicyclic amines) is 1. The van der Waals surface area contributed by atoms with Crippen LogP contribution in [0.2, 0.25) is 0 Å². The summed E-state index contributed by atoms with van der Waals surface area (Å²) in [5, 5.41) is 9.32. The highest BCUT2D eigenvalue weighted by Crippen LogP contribution is 2.33. The van der Waals surface area contributed by atoms with Crippen molar-refractivity contribution in [2.75, 3.05) is 26.3 Å². The zero-order valence-electron chi connectivity index (χ0n) is 15.9. The number of carboxylic acids is 1. The predicted molar refractivity (Wildman–Crippen MR) is 101 cm³/mol. The Morgan fingerprint density at radius 1 is 1.26 bits per heavy atom. The van der Waals surface area contributed by atoms with Crippen LogP contribution in [0.25, 0.3) is 0 Å². The Balaban J connectivity index is 1.36. The molecule has 2 aliphatic rings. The number of aliphatic carboxylic acids is 1. The van der Waals surface area contributed by atoms with Gasteiger partial charge in [0, 0.05) is 26.1 Å². The van der Waals surface area contributed by atoms with Crippen molar-refractivity contribution in [3.63, 3.8) is 0 Å². The number of piperidine rings is 1. The first-order valence-corrected chi connectivity index (χ1v) is 9.86. The fraction of sp³-hybridized carbons (Fsp3) is 0.619. The fourth-order valence-corrected chi connectivity index (χ4v) is 4.09. The van der Waals surface area contributed by atoms with Gasteiger partial charge in [-0.05, 0) is 56.2 Å². The number of rotatable bonds is 7. The molecule has 0 spiro atoms. The second kappa shape index (κ2) is 9.22. The Morgan fingerprint density at radius 2 is 2.04 bits per heavy atom. The first-order chi connectivity index (χ1) is 13.0. The van der Waals surface area contributed by atoms with Crippen LogP contribution in [0.15, 0.2) is 24.3 Å². The van der Waals surface area contributed by atoms with Gasteiger partial charge in [-0.25, -0.2) is 0 Å². The van der Waals surface area contributed by atoms with Gasteiger partial charge in [0.25, 0.3) is 0 Å². The van der Waals surface area contributed by atoms with Crippen molar-refractivity contribution < 1.29 is 24.2 Å². The smallest absolute Gasteiger partial charge is 0.309 e. The Kier molecular flexibility index (Phi) is 6.72. The van der Waals surface area contributed by atoms with Gasteiger partial charge in [0.05, 0.1) is 18.6 Å². The lowest BCUT2D eigenvalue weighted by Crippen LogP contribution is -2.43. The van der Waals surface area contributed by atoms with Crippen LogP contribution in [0, 0.1) is 18.8 Å². The minimum atomic E-state index is -0.760. The van der Waals surface area contributed by atoms with E-state index < -0.39 is 11.9 Å². The molecule has 3 rings (SSSR count). The van der Waals surface area contributed by atoms with Crippen LogP contribution in [-0.4, -0.2) is 54.3 Å². The van der Waals surface area contributed by atoms with E-state index >= 15 is 0 Å². The molecule has 1 amide bonds. The molecule has 1 N–H and O–H groups in total. The van der Waals surface area contributed by atoms with E-state index in [0.29, 0.717) is 45.6 Å². The molecule has 0 aromatic heterocycles. The predicted octanol–water partition coefficient (Wildman–Crippen LogP) is 2.88. The van der Waals surface area contributed by atoms with Gasteiger partial charge in [-0.1, -0.05) is 12.1 Å². The Morgan fingerprint density at radius 3 is 2.74 bits per heavy atom. The van der Waals surface area contributed by atoms with Crippen LogP contribution < -0.4 is 4.74 Å². The van der Waals surface area contributed by atoms with Crippen molar-refractivity contribution >= 4 is 11.9 Å². The molecule has 148 valence electrons. The van der Waals surface area contributed by atoms with Crippen molar-refractivity contribution in [3.8, 4) is 5.75 Å². The molecule has 2 saturated heterocycles. The lowest BCUT2D eigenvalue weighted by atomic mass is 9.84. The monoisotopic (exact) mass is 375 g/mol. The number of hydrogen-bond donors (Lipinski definition) is 1. The number of nitrogens with zero attached hydrogens (tertiary/aromatic N) is 1. The van der Waals surface area contributed by atoms with E-state index in [2.05, 4.69) is 0 Å². The maximum atomic E-state index is 12.4. The average Bonchev–Trinajstić information content (AvgIpc) is 3.15. The third kappa shape index (κ3) is 5.22. The lowest BCUT2D eigenvalue weighted by Gasteiger charge is -2.35. The molecule has 2 heterocycles. The minimum Gasteiger partial charge on any atom is -0.494 e. The maximum absolute atomic E-state index is 12.4. The normalized spacial score (nSPS) is 23.4. The zero-order chi connectivity index (χ0) is 19.2. The second-order valence-corrected chi connectivity index (χ2v) is 7.56. The molecule has 1 aromatic carbocycles. The molecule has 6 heteroatoms. The highest BCUT2D eigenvalue weighted by molar-refractivity contribution is 5.76. The Hall–Kier alpha value is -2.08. The molecule has 0 aliphatic carbocycles. The van der Waals surface area contributed by atoms with Crippen LogP contribution in [0.4, 0.5) is 0 Å². The minimum absolute atomic E-state index is 0.156. The summed E-state index contributed by atoms with van der Waals surface area (Å²) >= 11 is 0. The molecule has 0 saturated carbocycles. The van der Waals surface area contributed by atoms with Crippen LogP contribution in [0.5, 0.6) is 5.75 Å². The molecule has 27 heavy (non-hydrogen) atoms. The van der Waals surface area contributed by atoms with E-state index in [1.54, 1.807) is 0 Å². The second-order valence-electron chi connectivity index (χ2n) is 7.56.